The van der Waals surface area contributed by atoms with E-state index in [2.05, 4.69) is 20.0 Å². The predicted molar refractivity (Wildman–Crippen MR) is 109 cm³/mol. The predicted octanol–water partition coefficient (Wildman–Crippen LogP) is 3.59. The highest BCUT2D eigenvalue weighted by atomic mass is 16.5. The Morgan fingerprint density at radius 1 is 1.10 bits per heavy atom. The van der Waals surface area contributed by atoms with Gasteiger partial charge in [-0.3, -0.25) is 0 Å². The van der Waals surface area contributed by atoms with Gasteiger partial charge in [-0.05, 0) is 49.5 Å². The van der Waals surface area contributed by atoms with Gasteiger partial charge in [0.05, 0.1) is 19.8 Å². The first-order chi connectivity index (χ1) is 14.2. The van der Waals surface area contributed by atoms with Gasteiger partial charge in [0.2, 0.25) is 0 Å². The van der Waals surface area contributed by atoms with Gasteiger partial charge >= 0.3 is 0 Å². The van der Waals surface area contributed by atoms with Crippen LogP contribution in [0.3, 0.4) is 0 Å². The first-order valence-electron chi connectivity index (χ1n) is 9.97. The van der Waals surface area contributed by atoms with Crippen molar-refractivity contribution in [2.24, 2.45) is 5.92 Å². The molecule has 1 fully saturated rings. The molecule has 1 aliphatic carbocycles. The first kappa shape index (κ1) is 19.6. The summed E-state index contributed by atoms with van der Waals surface area (Å²) in [6, 6.07) is 5.93. The average Bonchev–Trinajstić information content (AvgIpc) is 3.04. The third kappa shape index (κ3) is 3.42. The molecule has 0 spiro atoms. The van der Waals surface area contributed by atoms with Gasteiger partial charge in [0.25, 0.3) is 0 Å². The molecule has 1 aliphatic rings. The van der Waals surface area contributed by atoms with Crippen LogP contribution < -0.4 is 9.47 Å². The van der Waals surface area contributed by atoms with Gasteiger partial charge in [-0.15, -0.1) is 10.2 Å². The van der Waals surface area contributed by atoms with Crippen LogP contribution in [0.2, 0.25) is 0 Å². The number of imidazole rings is 1. The molecule has 8 nitrogen and oxygen atoms in total. The SMILES string of the molecule is COCCC(C1CCC1)n1c(C)nc2c(-c3c(OC)cccc3OC)nnnc21. The summed E-state index contributed by atoms with van der Waals surface area (Å²) in [5.41, 5.74) is 2.81. The molecule has 1 atom stereocenters. The molecular weight excluding hydrogens is 370 g/mol. The zero-order valence-corrected chi connectivity index (χ0v) is 17.4. The number of aromatic nitrogens is 5. The second-order valence-corrected chi connectivity index (χ2v) is 7.42. The zero-order chi connectivity index (χ0) is 20.4. The standard InChI is InChI=1S/C21H27N5O3/c1-13-22-20-19(18-16(28-3)9-6-10-17(18)29-4)23-25-24-21(20)26(13)15(11-12-27-2)14-7-5-8-14/h6,9-10,14-15H,5,7-8,11-12H2,1-4H3. The third-order valence-corrected chi connectivity index (χ3v) is 5.88. The molecule has 1 aromatic carbocycles. The summed E-state index contributed by atoms with van der Waals surface area (Å²) >= 11 is 0. The Morgan fingerprint density at radius 3 is 2.41 bits per heavy atom. The van der Waals surface area contributed by atoms with E-state index in [-0.39, 0.29) is 6.04 Å². The molecule has 2 aromatic heterocycles. The van der Waals surface area contributed by atoms with E-state index in [1.165, 1.54) is 19.3 Å². The number of hydrogen-bond donors (Lipinski definition) is 0. The highest BCUT2D eigenvalue weighted by Gasteiger charge is 2.32. The molecule has 4 rings (SSSR count). The Morgan fingerprint density at radius 2 is 1.83 bits per heavy atom. The second kappa shape index (κ2) is 8.32. The summed E-state index contributed by atoms with van der Waals surface area (Å²) in [6.07, 6.45) is 4.64. The Labute approximate surface area is 170 Å². The molecule has 0 saturated heterocycles. The molecule has 0 N–H and O–H groups in total. The lowest BCUT2D eigenvalue weighted by Crippen LogP contribution is -2.27. The van der Waals surface area contributed by atoms with Crippen molar-refractivity contribution >= 4 is 11.2 Å². The highest BCUT2D eigenvalue weighted by molar-refractivity contribution is 5.91. The summed E-state index contributed by atoms with van der Waals surface area (Å²) in [7, 11) is 5.00. The smallest absolute Gasteiger partial charge is 0.187 e. The van der Waals surface area contributed by atoms with Crippen LogP contribution in [0.5, 0.6) is 11.5 Å². The molecule has 1 unspecified atom stereocenters. The first-order valence-corrected chi connectivity index (χ1v) is 9.97. The molecule has 1 saturated carbocycles. The lowest BCUT2D eigenvalue weighted by atomic mass is 9.78. The summed E-state index contributed by atoms with van der Waals surface area (Å²) in [4.78, 5) is 4.86. The van der Waals surface area contributed by atoms with Crippen molar-refractivity contribution in [3.63, 3.8) is 0 Å². The van der Waals surface area contributed by atoms with Crippen molar-refractivity contribution in [1.82, 2.24) is 25.0 Å². The fourth-order valence-corrected chi connectivity index (χ4v) is 4.23. The summed E-state index contributed by atoms with van der Waals surface area (Å²) in [5.74, 6) is 2.84. The van der Waals surface area contributed by atoms with E-state index in [0.29, 0.717) is 35.2 Å². The van der Waals surface area contributed by atoms with Crippen molar-refractivity contribution in [2.45, 2.75) is 38.6 Å². The normalized spacial score (nSPS) is 15.3. The number of hydrogen-bond acceptors (Lipinski definition) is 7. The molecular formula is C21H27N5O3. The number of aryl methyl sites for hydroxylation is 1. The lowest BCUT2D eigenvalue weighted by molar-refractivity contribution is 0.135. The van der Waals surface area contributed by atoms with E-state index in [1.807, 2.05) is 25.1 Å². The summed E-state index contributed by atoms with van der Waals surface area (Å²) < 4.78 is 18.7. The largest absolute Gasteiger partial charge is 0.496 e. The number of methoxy groups -OCH3 is 3. The van der Waals surface area contributed by atoms with Gasteiger partial charge in [-0.25, -0.2) is 4.98 Å². The van der Waals surface area contributed by atoms with Crippen molar-refractivity contribution in [3.8, 4) is 22.8 Å². The van der Waals surface area contributed by atoms with E-state index >= 15 is 0 Å². The van der Waals surface area contributed by atoms with Crippen LogP contribution >= 0.6 is 0 Å². The van der Waals surface area contributed by atoms with Crippen LogP contribution in [-0.4, -0.2) is 52.9 Å². The minimum Gasteiger partial charge on any atom is -0.496 e. The van der Waals surface area contributed by atoms with Gasteiger partial charge in [-0.1, -0.05) is 12.5 Å². The second-order valence-electron chi connectivity index (χ2n) is 7.42. The number of fused-ring (bicyclic) bond motifs is 1. The fraction of sp³-hybridized carbons (Fsp3) is 0.524. The van der Waals surface area contributed by atoms with E-state index in [0.717, 1.165) is 23.5 Å². The van der Waals surface area contributed by atoms with Crippen molar-refractivity contribution < 1.29 is 14.2 Å². The van der Waals surface area contributed by atoms with Gasteiger partial charge in [-0.2, -0.15) is 0 Å². The minimum atomic E-state index is 0.290. The topological polar surface area (TPSA) is 84.2 Å². The van der Waals surface area contributed by atoms with Crippen LogP contribution in [-0.2, 0) is 4.74 Å². The fourth-order valence-electron chi connectivity index (χ4n) is 4.23. The summed E-state index contributed by atoms with van der Waals surface area (Å²) in [6.45, 7) is 2.72. The van der Waals surface area contributed by atoms with Gasteiger partial charge in [0.1, 0.15) is 28.5 Å². The molecule has 3 aromatic rings. The maximum Gasteiger partial charge on any atom is 0.187 e. The molecule has 0 aliphatic heterocycles. The van der Waals surface area contributed by atoms with Crippen LogP contribution in [0.4, 0.5) is 0 Å². The number of ether oxygens (including phenoxy) is 3. The van der Waals surface area contributed by atoms with Crippen molar-refractivity contribution in [3.05, 3.63) is 24.0 Å². The Hall–Kier alpha value is -2.74. The monoisotopic (exact) mass is 397 g/mol. The molecule has 154 valence electrons. The summed E-state index contributed by atoms with van der Waals surface area (Å²) in [5, 5.41) is 12.8. The Balaban J connectivity index is 1.89. The molecule has 8 heteroatoms. The van der Waals surface area contributed by atoms with E-state index < -0.39 is 0 Å². The zero-order valence-electron chi connectivity index (χ0n) is 17.4. The van der Waals surface area contributed by atoms with E-state index in [1.54, 1.807) is 21.3 Å². The Bertz CT molecular complexity index is 977. The third-order valence-electron chi connectivity index (χ3n) is 5.88. The number of rotatable bonds is 8. The van der Waals surface area contributed by atoms with Gasteiger partial charge in [0, 0.05) is 19.8 Å². The minimum absolute atomic E-state index is 0.290. The van der Waals surface area contributed by atoms with Crippen molar-refractivity contribution in [2.75, 3.05) is 27.9 Å². The maximum atomic E-state index is 5.57. The van der Waals surface area contributed by atoms with Crippen LogP contribution in [0, 0.1) is 12.8 Å². The molecule has 29 heavy (non-hydrogen) atoms. The quantitative estimate of drug-likeness (QED) is 0.574. The van der Waals surface area contributed by atoms with Crippen LogP contribution in [0.1, 0.15) is 37.5 Å². The van der Waals surface area contributed by atoms with E-state index in [4.69, 9.17) is 19.2 Å². The highest BCUT2D eigenvalue weighted by Crippen LogP contribution is 2.43. The molecule has 0 radical (unpaired) electrons. The lowest BCUT2D eigenvalue weighted by Gasteiger charge is -2.35. The van der Waals surface area contributed by atoms with E-state index in [9.17, 15) is 0 Å². The molecule has 2 heterocycles. The molecule has 0 amide bonds. The molecule has 0 bridgehead atoms. The number of nitrogens with zero attached hydrogens (tertiary/aromatic N) is 5. The van der Waals surface area contributed by atoms with Gasteiger partial charge in [0.15, 0.2) is 5.65 Å². The van der Waals surface area contributed by atoms with Crippen molar-refractivity contribution in [1.29, 1.82) is 0 Å². The number of benzene rings is 1. The van der Waals surface area contributed by atoms with Crippen LogP contribution in [0.25, 0.3) is 22.4 Å². The van der Waals surface area contributed by atoms with Gasteiger partial charge < -0.3 is 18.8 Å². The van der Waals surface area contributed by atoms with Crippen LogP contribution in [0.15, 0.2) is 18.2 Å². The Kier molecular flexibility index (Phi) is 5.62. The maximum absolute atomic E-state index is 5.57. The average molecular weight is 397 g/mol.